The summed E-state index contributed by atoms with van der Waals surface area (Å²) in [5.74, 6) is -0.393. The molecule has 218 valence electrons. The van der Waals surface area contributed by atoms with E-state index in [2.05, 4.69) is 10.3 Å². The highest BCUT2D eigenvalue weighted by atomic mass is 35.5. The van der Waals surface area contributed by atoms with E-state index in [1.807, 2.05) is 55.8 Å². The minimum atomic E-state index is -4.64. The number of para-hydroxylation sites is 1. The minimum Gasteiger partial charge on any atom is -0.479 e. The van der Waals surface area contributed by atoms with E-state index in [1.165, 1.54) is 18.2 Å². The van der Waals surface area contributed by atoms with Crippen molar-refractivity contribution in [2.24, 2.45) is 5.92 Å². The Bertz CT molecular complexity index is 1280. The second-order valence-electron chi connectivity index (χ2n) is 9.96. The summed E-state index contributed by atoms with van der Waals surface area (Å²) in [6.07, 6.45) is -5.00. The first-order valence-electron chi connectivity index (χ1n) is 13.1. The second-order valence-corrected chi connectivity index (χ2v) is 10.4. The van der Waals surface area contributed by atoms with Crippen LogP contribution in [0.4, 0.5) is 13.2 Å². The Hall–Kier alpha value is -3.08. The number of alkyl halides is 3. The van der Waals surface area contributed by atoms with E-state index in [-0.39, 0.29) is 35.3 Å². The van der Waals surface area contributed by atoms with Crippen LogP contribution in [0.25, 0.3) is 11.3 Å². The molecular weight excluding hydrogens is 547 g/mol. The highest BCUT2D eigenvalue weighted by Crippen LogP contribution is 2.33. The fourth-order valence-electron chi connectivity index (χ4n) is 4.15. The first kappa shape index (κ1) is 31.4. The number of hydrogen-bond acceptors (Lipinski definition) is 5. The fourth-order valence-corrected chi connectivity index (χ4v) is 4.37. The maximum Gasteiger partial charge on any atom is 0.425 e. The molecule has 40 heavy (non-hydrogen) atoms. The predicted molar refractivity (Wildman–Crippen MR) is 147 cm³/mol. The molecule has 3 aromatic rings. The first-order valence-corrected chi connectivity index (χ1v) is 13.5. The van der Waals surface area contributed by atoms with Crippen LogP contribution in [0.1, 0.15) is 62.0 Å². The molecule has 0 spiro atoms. The molecule has 11 heteroatoms. The summed E-state index contributed by atoms with van der Waals surface area (Å²) in [6.45, 7) is 7.14. The zero-order chi connectivity index (χ0) is 29.6. The predicted octanol–water partition coefficient (Wildman–Crippen LogP) is 5.97. The summed E-state index contributed by atoms with van der Waals surface area (Å²) in [5.41, 5.74) is 2.32. The van der Waals surface area contributed by atoms with Crippen LogP contribution < -0.4 is 10.1 Å². The zero-order valence-electron chi connectivity index (χ0n) is 22.9. The standard InChI is InChI=1S/C29H35ClF3N3O4/c1-5-36-16-24(35-27(36)25(38)17(2)3)20-11-9-19(10-12-20)15-21(13-14-37)34-28(39)22-7-6-8-23(30)26(22)40-18(4)29(31,32)33/h6-12,16-18,21,25,37-38H,5,13-15H2,1-4H3,(H,34,39). The number of benzene rings is 2. The van der Waals surface area contributed by atoms with Crippen molar-refractivity contribution in [3.8, 4) is 17.0 Å². The SMILES string of the molecule is CCn1cc(-c2ccc(CC(CCO)NC(=O)c3cccc(Cl)c3OC(C)C(F)(F)F)cc2)nc1C(O)C(C)C. The third-order valence-electron chi connectivity index (χ3n) is 6.56. The number of hydrogen-bond donors (Lipinski definition) is 3. The number of aliphatic hydroxyl groups excluding tert-OH is 2. The fraction of sp³-hybridized carbons (Fsp3) is 0.448. The lowest BCUT2D eigenvalue weighted by atomic mass is 10.0. The second kappa shape index (κ2) is 13.5. The number of aromatic nitrogens is 2. The number of ether oxygens (including phenoxy) is 1. The molecule has 3 unspecified atom stereocenters. The summed E-state index contributed by atoms with van der Waals surface area (Å²) in [5, 5.41) is 22.8. The molecule has 0 saturated carbocycles. The van der Waals surface area contributed by atoms with Crippen molar-refractivity contribution in [1.82, 2.24) is 14.9 Å². The Morgan fingerprint density at radius 2 is 1.82 bits per heavy atom. The molecule has 0 bridgehead atoms. The number of nitrogens with one attached hydrogen (secondary N) is 1. The van der Waals surface area contributed by atoms with Gasteiger partial charge in [-0.25, -0.2) is 4.98 Å². The Morgan fingerprint density at radius 1 is 1.15 bits per heavy atom. The Labute approximate surface area is 237 Å². The van der Waals surface area contributed by atoms with Crippen LogP contribution in [-0.2, 0) is 13.0 Å². The largest absolute Gasteiger partial charge is 0.479 e. The quantitative estimate of drug-likeness (QED) is 0.245. The maximum atomic E-state index is 13.1. The lowest BCUT2D eigenvalue weighted by molar-refractivity contribution is -0.189. The lowest BCUT2D eigenvalue weighted by Crippen LogP contribution is -2.38. The van der Waals surface area contributed by atoms with Crippen molar-refractivity contribution in [3.63, 3.8) is 0 Å². The molecule has 0 fully saturated rings. The van der Waals surface area contributed by atoms with Crippen molar-refractivity contribution >= 4 is 17.5 Å². The van der Waals surface area contributed by atoms with Crippen molar-refractivity contribution < 1.29 is 32.9 Å². The number of carbonyl (C=O) groups is 1. The Morgan fingerprint density at radius 3 is 2.40 bits per heavy atom. The smallest absolute Gasteiger partial charge is 0.425 e. The van der Waals surface area contributed by atoms with Gasteiger partial charge in [0.2, 0.25) is 0 Å². The van der Waals surface area contributed by atoms with E-state index < -0.39 is 30.3 Å². The van der Waals surface area contributed by atoms with E-state index in [0.29, 0.717) is 18.8 Å². The van der Waals surface area contributed by atoms with Gasteiger partial charge in [-0.1, -0.05) is 55.8 Å². The van der Waals surface area contributed by atoms with Crippen LogP contribution in [0.3, 0.4) is 0 Å². The number of aliphatic hydroxyl groups is 2. The highest BCUT2D eigenvalue weighted by molar-refractivity contribution is 6.32. The number of halogens is 4. The number of aryl methyl sites for hydroxylation is 1. The number of carbonyl (C=O) groups excluding carboxylic acids is 1. The van der Waals surface area contributed by atoms with Crippen LogP contribution in [-0.4, -0.2) is 50.6 Å². The normalized spacial score (nSPS) is 14.2. The molecule has 0 aliphatic rings. The molecule has 0 saturated heterocycles. The molecule has 2 aromatic carbocycles. The van der Waals surface area contributed by atoms with Gasteiger partial charge < -0.3 is 24.8 Å². The summed E-state index contributed by atoms with van der Waals surface area (Å²) >= 11 is 6.08. The van der Waals surface area contributed by atoms with Crippen molar-refractivity contribution in [2.75, 3.05) is 6.61 Å². The van der Waals surface area contributed by atoms with E-state index in [9.17, 15) is 28.2 Å². The molecule has 3 atom stereocenters. The molecule has 1 heterocycles. The van der Waals surface area contributed by atoms with E-state index >= 15 is 0 Å². The van der Waals surface area contributed by atoms with Gasteiger partial charge in [0.25, 0.3) is 5.91 Å². The van der Waals surface area contributed by atoms with Crippen molar-refractivity contribution in [1.29, 1.82) is 0 Å². The number of imidazole rings is 1. The molecule has 3 rings (SSSR count). The topological polar surface area (TPSA) is 96.6 Å². The number of nitrogens with zero attached hydrogens (tertiary/aromatic N) is 2. The minimum absolute atomic E-state index is 0.0178. The molecule has 1 aromatic heterocycles. The Balaban J connectivity index is 1.77. The van der Waals surface area contributed by atoms with E-state index in [0.717, 1.165) is 23.7 Å². The number of rotatable bonds is 12. The molecule has 0 aliphatic carbocycles. The van der Waals surface area contributed by atoms with Crippen molar-refractivity contribution in [2.45, 2.75) is 71.5 Å². The van der Waals surface area contributed by atoms with Crippen molar-refractivity contribution in [3.05, 3.63) is 70.6 Å². The average molecular weight is 582 g/mol. The highest BCUT2D eigenvalue weighted by Gasteiger charge is 2.39. The van der Waals surface area contributed by atoms with Crippen LogP contribution in [0.15, 0.2) is 48.7 Å². The third kappa shape index (κ3) is 7.77. The third-order valence-corrected chi connectivity index (χ3v) is 6.85. The summed E-state index contributed by atoms with van der Waals surface area (Å²) in [7, 11) is 0. The molecule has 0 aliphatic heterocycles. The van der Waals surface area contributed by atoms with Crippen LogP contribution in [0, 0.1) is 5.92 Å². The van der Waals surface area contributed by atoms with Gasteiger partial charge in [-0.3, -0.25) is 4.79 Å². The van der Waals surface area contributed by atoms with Crippen LogP contribution >= 0.6 is 11.6 Å². The molecule has 3 N–H and O–H groups in total. The van der Waals surface area contributed by atoms with Gasteiger partial charge in [0.15, 0.2) is 11.9 Å². The summed E-state index contributed by atoms with van der Waals surface area (Å²) in [4.78, 5) is 17.7. The van der Waals surface area contributed by atoms with Gasteiger partial charge in [0.1, 0.15) is 11.9 Å². The first-order chi connectivity index (χ1) is 18.8. The zero-order valence-corrected chi connectivity index (χ0v) is 23.6. The molecule has 7 nitrogen and oxygen atoms in total. The monoisotopic (exact) mass is 581 g/mol. The maximum absolute atomic E-state index is 13.1. The number of amides is 1. The van der Waals surface area contributed by atoms with Gasteiger partial charge in [0.05, 0.1) is 16.3 Å². The van der Waals surface area contributed by atoms with Gasteiger partial charge in [-0.2, -0.15) is 13.2 Å². The van der Waals surface area contributed by atoms with E-state index in [1.54, 1.807) is 0 Å². The lowest BCUT2D eigenvalue weighted by Gasteiger charge is -2.22. The summed E-state index contributed by atoms with van der Waals surface area (Å²) < 4.78 is 46.2. The molecule has 1 amide bonds. The Kier molecular flexibility index (Phi) is 10.6. The van der Waals surface area contributed by atoms with E-state index in [4.69, 9.17) is 16.3 Å². The van der Waals surface area contributed by atoms with Crippen LogP contribution in [0.2, 0.25) is 5.02 Å². The van der Waals surface area contributed by atoms with Crippen LogP contribution in [0.5, 0.6) is 5.75 Å². The van der Waals surface area contributed by atoms with Gasteiger partial charge in [0, 0.05) is 31.0 Å². The van der Waals surface area contributed by atoms with Gasteiger partial charge in [-0.05, 0) is 50.3 Å². The van der Waals surface area contributed by atoms with Gasteiger partial charge in [-0.15, -0.1) is 0 Å². The molecule has 0 radical (unpaired) electrons. The molecular formula is C29H35ClF3N3O4. The average Bonchev–Trinajstić information content (AvgIpc) is 3.33. The van der Waals surface area contributed by atoms with Gasteiger partial charge >= 0.3 is 6.18 Å². The summed E-state index contributed by atoms with van der Waals surface area (Å²) in [6, 6.07) is 11.2.